The normalized spacial score (nSPS) is 10.4. The van der Waals surface area contributed by atoms with Gasteiger partial charge in [0, 0.05) is 0 Å². The predicted molar refractivity (Wildman–Crippen MR) is 54.8 cm³/mol. The van der Waals surface area contributed by atoms with Gasteiger partial charge < -0.3 is 9.47 Å². The minimum atomic E-state index is -2.84. The number of halogens is 3. The summed E-state index contributed by atoms with van der Waals surface area (Å²) in [6.45, 7) is 0. The van der Waals surface area contributed by atoms with Crippen molar-refractivity contribution in [2.24, 2.45) is 0 Å². The average molecular weight is 296 g/mol. The standard InChI is InChI=1S/C9H8BrF2NO3/c1-15-7-4(10)3-5(9(14)16-2)13-6(7)8(11)12/h3,8H,1-2H3. The molecule has 1 aromatic heterocycles. The number of nitrogens with zero attached hydrogens (tertiary/aromatic N) is 1. The topological polar surface area (TPSA) is 48.4 Å². The lowest BCUT2D eigenvalue weighted by atomic mass is 10.2. The third-order valence-electron chi connectivity index (χ3n) is 1.76. The van der Waals surface area contributed by atoms with Crippen LogP contribution >= 0.6 is 15.9 Å². The van der Waals surface area contributed by atoms with Crippen LogP contribution in [0.15, 0.2) is 10.5 Å². The summed E-state index contributed by atoms with van der Waals surface area (Å²) in [7, 11) is 2.38. The lowest BCUT2D eigenvalue weighted by Crippen LogP contribution is -2.08. The van der Waals surface area contributed by atoms with Crippen molar-refractivity contribution in [3.05, 3.63) is 21.9 Å². The Labute approximate surface area is 98.7 Å². The van der Waals surface area contributed by atoms with Crippen LogP contribution in [0.5, 0.6) is 5.75 Å². The van der Waals surface area contributed by atoms with Gasteiger partial charge in [0.2, 0.25) is 0 Å². The Bertz CT molecular complexity index is 412. The molecule has 0 aliphatic rings. The highest BCUT2D eigenvalue weighted by atomic mass is 79.9. The van der Waals surface area contributed by atoms with Gasteiger partial charge >= 0.3 is 5.97 Å². The van der Waals surface area contributed by atoms with Crippen molar-refractivity contribution in [1.82, 2.24) is 4.98 Å². The maximum atomic E-state index is 12.6. The molecule has 0 bridgehead atoms. The van der Waals surface area contributed by atoms with Crippen LogP contribution in [0.1, 0.15) is 22.6 Å². The van der Waals surface area contributed by atoms with Gasteiger partial charge in [-0.05, 0) is 22.0 Å². The van der Waals surface area contributed by atoms with Gasteiger partial charge in [0.25, 0.3) is 6.43 Å². The van der Waals surface area contributed by atoms with Crippen molar-refractivity contribution in [3.8, 4) is 5.75 Å². The maximum Gasteiger partial charge on any atom is 0.356 e. The van der Waals surface area contributed by atoms with E-state index in [9.17, 15) is 13.6 Å². The Balaban J connectivity index is 3.33. The van der Waals surface area contributed by atoms with Crippen molar-refractivity contribution in [2.75, 3.05) is 14.2 Å². The molecule has 0 atom stereocenters. The highest BCUT2D eigenvalue weighted by molar-refractivity contribution is 9.10. The van der Waals surface area contributed by atoms with Gasteiger partial charge in [0.1, 0.15) is 5.69 Å². The van der Waals surface area contributed by atoms with Gasteiger partial charge in [-0.15, -0.1) is 0 Å². The van der Waals surface area contributed by atoms with E-state index in [1.54, 1.807) is 0 Å². The Hall–Kier alpha value is -1.24. The van der Waals surface area contributed by atoms with Crippen LogP contribution in [0.25, 0.3) is 0 Å². The van der Waals surface area contributed by atoms with E-state index in [2.05, 4.69) is 25.7 Å². The molecule has 0 aliphatic carbocycles. The number of hydrogen-bond donors (Lipinski definition) is 0. The summed E-state index contributed by atoms with van der Waals surface area (Å²) < 4.78 is 34.6. The van der Waals surface area contributed by atoms with E-state index >= 15 is 0 Å². The van der Waals surface area contributed by atoms with E-state index < -0.39 is 18.1 Å². The fourth-order valence-electron chi connectivity index (χ4n) is 1.08. The average Bonchev–Trinajstić information content (AvgIpc) is 2.26. The Morgan fingerprint density at radius 1 is 1.50 bits per heavy atom. The van der Waals surface area contributed by atoms with E-state index in [1.165, 1.54) is 13.2 Å². The smallest absolute Gasteiger partial charge is 0.356 e. The molecule has 0 saturated heterocycles. The zero-order valence-electron chi connectivity index (χ0n) is 8.46. The van der Waals surface area contributed by atoms with E-state index in [4.69, 9.17) is 4.74 Å². The fourth-order valence-corrected chi connectivity index (χ4v) is 1.66. The number of aromatic nitrogens is 1. The first-order chi connectivity index (χ1) is 7.51. The number of pyridine rings is 1. The predicted octanol–water partition coefficient (Wildman–Crippen LogP) is 2.58. The second-order valence-electron chi connectivity index (χ2n) is 2.70. The molecule has 0 radical (unpaired) electrons. The molecule has 0 unspecified atom stereocenters. The molecule has 0 N–H and O–H groups in total. The minimum absolute atomic E-state index is 0.0948. The number of rotatable bonds is 3. The fraction of sp³-hybridized carbons (Fsp3) is 0.333. The molecule has 16 heavy (non-hydrogen) atoms. The lowest BCUT2D eigenvalue weighted by Gasteiger charge is -2.10. The third-order valence-corrected chi connectivity index (χ3v) is 2.35. The van der Waals surface area contributed by atoms with Gasteiger partial charge in [-0.1, -0.05) is 0 Å². The zero-order chi connectivity index (χ0) is 12.3. The lowest BCUT2D eigenvalue weighted by molar-refractivity contribution is 0.0592. The number of carbonyl (C=O) groups is 1. The maximum absolute atomic E-state index is 12.6. The second-order valence-corrected chi connectivity index (χ2v) is 3.55. The molecule has 0 spiro atoms. The summed E-state index contributed by atoms with van der Waals surface area (Å²) in [5.74, 6) is -0.882. The molecule has 88 valence electrons. The van der Waals surface area contributed by atoms with Crippen molar-refractivity contribution in [2.45, 2.75) is 6.43 Å². The Morgan fingerprint density at radius 3 is 2.56 bits per heavy atom. The van der Waals surface area contributed by atoms with E-state index in [0.717, 1.165) is 7.11 Å². The molecule has 0 aliphatic heterocycles. The SMILES string of the molecule is COC(=O)c1cc(Br)c(OC)c(C(F)F)n1. The van der Waals surface area contributed by atoms with Gasteiger partial charge in [-0.3, -0.25) is 0 Å². The van der Waals surface area contributed by atoms with Crippen molar-refractivity contribution >= 4 is 21.9 Å². The number of ether oxygens (including phenoxy) is 2. The highest BCUT2D eigenvalue weighted by Crippen LogP contribution is 2.34. The molecule has 1 aromatic rings. The second kappa shape index (κ2) is 5.20. The van der Waals surface area contributed by atoms with Crippen LogP contribution < -0.4 is 4.74 Å². The third kappa shape index (κ3) is 2.46. The number of methoxy groups -OCH3 is 2. The summed E-state index contributed by atoms with van der Waals surface area (Å²) in [6.07, 6.45) is -2.84. The quantitative estimate of drug-likeness (QED) is 0.804. The van der Waals surface area contributed by atoms with Crippen LogP contribution in [0.3, 0.4) is 0 Å². The Kier molecular flexibility index (Phi) is 4.17. The first-order valence-corrected chi connectivity index (χ1v) is 4.91. The van der Waals surface area contributed by atoms with Crippen molar-refractivity contribution in [3.63, 3.8) is 0 Å². The molecule has 0 saturated carbocycles. The largest absolute Gasteiger partial charge is 0.493 e. The van der Waals surface area contributed by atoms with E-state index in [0.29, 0.717) is 0 Å². The first-order valence-electron chi connectivity index (χ1n) is 4.12. The van der Waals surface area contributed by atoms with Crippen LogP contribution in [0.2, 0.25) is 0 Å². The van der Waals surface area contributed by atoms with Crippen molar-refractivity contribution in [1.29, 1.82) is 0 Å². The monoisotopic (exact) mass is 295 g/mol. The summed E-state index contributed by atoms with van der Waals surface area (Å²) in [4.78, 5) is 14.6. The van der Waals surface area contributed by atoms with Gasteiger partial charge in [-0.2, -0.15) is 0 Å². The highest BCUT2D eigenvalue weighted by Gasteiger charge is 2.22. The van der Waals surface area contributed by atoms with Crippen molar-refractivity contribution < 1.29 is 23.0 Å². The molecule has 0 aromatic carbocycles. The molecule has 1 heterocycles. The van der Waals surface area contributed by atoms with Crippen LogP contribution in [-0.2, 0) is 4.74 Å². The summed E-state index contributed by atoms with van der Waals surface area (Å²) in [6, 6.07) is 1.26. The number of hydrogen-bond acceptors (Lipinski definition) is 4. The summed E-state index contributed by atoms with van der Waals surface area (Å²) in [5, 5.41) is 0. The minimum Gasteiger partial charge on any atom is -0.493 e. The van der Waals surface area contributed by atoms with Gasteiger partial charge in [0.05, 0.1) is 18.7 Å². The first kappa shape index (κ1) is 12.8. The number of alkyl halides is 2. The molecule has 7 heteroatoms. The van der Waals surface area contributed by atoms with Crippen LogP contribution in [0, 0.1) is 0 Å². The van der Waals surface area contributed by atoms with E-state index in [1.807, 2.05) is 0 Å². The molecule has 0 fully saturated rings. The van der Waals surface area contributed by atoms with Gasteiger partial charge in [0.15, 0.2) is 11.4 Å². The van der Waals surface area contributed by atoms with Gasteiger partial charge in [-0.25, -0.2) is 18.6 Å². The number of esters is 1. The molecule has 4 nitrogen and oxygen atoms in total. The molecule has 0 amide bonds. The zero-order valence-corrected chi connectivity index (χ0v) is 10.0. The molecular formula is C9H8BrF2NO3. The summed E-state index contributed by atoms with van der Waals surface area (Å²) >= 11 is 3.02. The molecule has 1 rings (SSSR count). The Morgan fingerprint density at radius 2 is 2.12 bits per heavy atom. The van der Waals surface area contributed by atoms with Crippen LogP contribution in [0.4, 0.5) is 8.78 Å². The van der Waals surface area contributed by atoms with Crippen LogP contribution in [-0.4, -0.2) is 25.2 Å². The summed E-state index contributed by atoms with van der Waals surface area (Å²) in [5.41, 5.74) is -0.803. The molecular weight excluding hydrogens is 288 g/mol. The number of carbonyl (C=O) groups excluding carboxylic acids is 1. The van der Waals surface area contributed by atoms with E-state index in [-0.39, 0.29) is 15.9 Å².